The molecule has 4 nitrogen and oxygen atoms in total. The van der Waals surface area contributed by atoms with Crippen LogP contribution in [0.5, 0.6) is 5.75 Å². The largest absolute Gasteiger partial charge is 0.506 e. The van der Waals surface area contributed by atoms with Gasteiger partial charge in [-0.1, -0.05) is 18.2 Å². The summed E-state index contributed by atoms with van der Waals surface area (Å²) < 4.78 is 15.0. The molecule has 5 heteroatoms. The van der Waals surface area contributed by atoms with Crippen LogP contribution in [-0.4, -0.2) is 19.7 Å². The minimum Gasteiger partial charge on any atom is -0.506 e. The molecule has 18 heavy (non-hydrogen) atoms. The van der Waals surface area contributed by atoms with Gasteiger partial charge >= 0.3 is 0 Å². The predicted octanol–water partition coefficient (Wildman–Crippen LogP) is 2.16. The lowest BCUT2D eigenvalue weighted by molar-refractivity contribution is 0.470. The van der Waals surface area contributed by atoms with Gasteiger partial charge in [-0.2, -0.15) is 5.10 Å². The zero-order valence-electron chi connectivity index (χ0n) is 9.42. The first-order valence-electron chi connectivity index (χ1n) is 5.50. The molecule has 0 saturated heterocycles. The third-order valence-corrected chi connectivity index (χ3v) is 2.67. The quantitative estimate of drug-likeness (QED) is 0.750. The van der Waals surface area contributed by atoms with Gasteiger partial charge in [0.1, 0.15) is 11.6 Å². The van der Waals surface area contributed by atoms with Crippen molar-refractivity contribution in [2.75, 3.05) is 0 Å². The van der Waals surface area contributed by atoms with Gasteiger partial charge in [0.15, 0.2) is 11.5 Å². The van der Waals surface area contributed by atoms with E-state index >= 15 is 0 Å². The molecule has 0 atom stereocenters. The van der Waals surface area contributed by atoms with Crippen molar-refractivity contribution in [1.29, 1.82) is 0 Å². The third kappa shape index (κ3) is 1.90. The molecule has 0 aliphatic heterocycles. The summed E-state index contributed by atoms with van der Waals surface area (Å²) in [5.41, 5.74) is 1.18. The van der Waals surface area contributed by atoms with Gasteiger partial charge < -0.3 is 5.11 Å². The molecule has 90 valence electrons. The van der Waals surface area contributed by atoms with Crippen molar-refractivity contribution in [1.82, 2.24) is 14.6 Å². The minimum absolute atomic E-state index is 0.116. The Balaban J connectivity index is 1.98. The molecule has 1 N–H and O–H groups in total. The van der Waals surface area contributed by atoms with E-state index in [1.165, 1.54) is 22.8 Å². The zero-order chi connectivity index (χ0) is 12.5. The van der Waals surface area contributed by atoms with Crippen LogP contribution in [-0.2, 0) is 6.42 Å². The summed E-state index contributed by atoms with van der Waals surface area (Å²) in [7, 11) is 0. The van der Waals surface area contributed by atoms with Crippen LogP contribution < -0.4 is 0 Å². The Morgan fingerprint density at radius 1 is 1.17 bits per heavy atom. The maximum absolute atomic E-state index is 13.5. The van der Waals surface area contributed by atoms with E-state index in [4.69, 9.17) is 0 Å². The van der Waals surface area contributed by atoms with Crippen LogP contribution in [0.4, 0.5) is 4.39 Å². The number of benzene rings is 1. The van der Waals surface area contributed by atoms with E-state index in [9.17, 15) is 9.50 Å². The van der Waals surface area contributed by atoms with Crippen LogP contribution in [0.25, 0.3) is 5.65 Å². The van der Waals surface area contributed by atoms with E-state index in [0.29, 0.717) is 23.5 Å². The molecule has 0 radical (unpaired) electrons. The van der Waals surface area contributed by atoms with E-state index < -0.39 is 0 Å². The molecule has 0 aliphatic rings. The Hall–Kier alpha value is -2.43. The standard InChI is InChI=1S/C13H10FN3O/c14-11-4-2-1-3-9(11)7-12-15-13-6-5-10(18)8-17(13)16-12/h1-6,8,18H,7H2. The van der Waals surface area contributed by atoms with Gasteiger partial charge in [0, 0.05) is 6.42 Å². The Kier molecular flexibility index (Phi) is 2.44. The van der Waals surface area contributed by atoms with E-state index in [1.54, 1.807) is 24.3 Å². The SMILES string of the molecule is Oc1ccc2nc(Cc3ccccc3F)nn2c1. The number of fused-ring (bicyclic) bond motifs is 1. The Morgan fingerprint density at radius 3 is 2.83 bits per heavy atom. The Labute approximate surface area is 102 Å². The molecular formula is C13H10FN3O. The summed E-state index contributed by atoms with van der Waals surface area (Å²) in [5, 5.41) is 13.5. The van der Waals surface area contributed by atoms with Crippen molar-refractivity contribution in [2.45, 2.75) is 6.42 Å². The molecule has 0 fully saturated rings. The van der Waals surface area contributed by atoms with E-state index in [2.05, 4.69) is 10.1 Å². The first-order chi connectivity index (χ1) is 8.72. The normalized spacial score (nSPS) is 10.9. The summed E-state index contributed by atoms with van der Waals surface area (Å²) in [5.74, 6) is 0.370. The van der Waals surface area contributed by atoms with Crippen molar-refractivity contribution >= 4 is 5.65 Å². The zero-order valence-corrected chi connectivity index (χ0v) is 9.42. The number of aromatic nitrogens is 3. The molecule has 3 rings (SSSR count). The van der Waals surface area contributed by atoms with Crippen LogP contribution in [0.2, 0.25) is 0 Å². The molecule has 2 heterocycles. The van der Waals surface area contributed by atoms with Crippen LogP contribution in [0, 0.1) is 5.82 Å². The average molecular weight is 243 g/mol. The number of hydrogen-bond donors (Lipinski definition) is 1. The van der Waals surface area contributed by atoms with Gasteiger partial charge in [-0.3, -0.25) is 0 Å². The van der Waals surface area contributed by atoms with Crippen molar-refractivity contribution in [3.05, 3.63) is 59.8 Å². The third-order valence-electron chi connectivity index (χ3n) is 2.67. The molecule has 0 unspecified atom stereocenters. The average Bonchev–Trinajstić information content (AvgIpc) is 2.73. The molecule has 0 amide bonds. The van der Waals surface area contributed by atoms with Gasteiger partial charge in [-0.15, -0.1) is 0 Å². The highest BCUT2D eigenvalue weighted by Crippen LogP contribution is 2.13. The second-order valence-corrected chi connectivity index (χ2v) is 3.99. The maximum atomic E-state index is 13.5. The second kappa shape index (κ2) is 4.10. The fourth-order valence-electron chi connectivity index (χ4n) is 1.81. The number of halogens is 1. The fourth-order valence-corrected chi connectivity index (χ4v) is 1.81. The van der Waals surface area contributed by atoms with Crippen molar-refractivity contribution in [2.24, 2.45) is 0 Å². The number of nitrogens with zero attached hydrogens (tertiary/aromatic N) is 3. The van der Waals surface area contributed by atoms with Crippen molar-refractivity contribution in [3.63, 3.8) is 0 Å². The topological polar surface area (TPSA) is 50.4 Å². The smallest absolute Gasteiger partial charge is 0.156 e. The van der Waals surface area contributed by atoms with E-state index in [1.807, 2.05) is 0 Å². The van der Waals surface area contributed by atoms with Crippen LogP contribution >= 0.6 is 0 Å². The summed E-state index contributed by atoms with van der Waals surface area (Å²) in [6, 6.07) is 9.74. The molecule has 0 spiro atoms. The fraction of sp³-hybridized carbons (Fsp3) is 0.0769. The van der Waals surface area contributed by atoms with Crippen molar-refractivity contribution in [3.8, 4) is 5.75 Å². The first kappa shape index (κ1) is 10.7. The second-order valence-electron chi connectivity index (χ2n) is 3.99. The summed E-state index contributed by atoms with van der Waals surface area (Å²) >= 11 is 0. The Bertz CT molecular complexity index is 708. The van der Waals surface area contributed by atoms with Crippen LogP contribution in [0.15, 0.2) is 42.6 Å². The predicted molar refractivity (Wildman–Crippen MR) is 63.9 cm³/mol. The molecule has 0 bridgehead atoms. The van der Waals surface area contributed by atoms with Gasteiger partial charge in [-0.25, -0.2) is 13.9 Å². The van der Waals surface area contributed by atoms with Gasteiger partial charge in [0.05, 0.1) is 6.20 Å². The maximum Gasteiger partial charge on any atom is 0.156 e. The molecule has 0 aliphatic carbocycles. The summed E-state index contributed by atoms with van der Waals surface area (Å²) in [6.07, 6.45) is 1.79. The molecule has 2 aromatic heterocycles. The number of hydrogen-bond acceptors (Lipinski definition) is 3. The monoisotopic (exact) mass is 243 g/mol. The van der Waals surface area contributed by atoms with Gasteiger partial charge in [0.2, 0.25) is 0 Å². The first-order valence-corrected chi connectivity index (χ1v) is 5.50. The molecule has 3 aromatic rings. The lowest BCUT2D eigenvalue weighted by Gasteiger charge is -1.98. The lowest BCUT2D eigenvalue weighted by atomic mass is 10.1. The van der Waals surface area contributed by atoms with Crippen molar-refractivity contribution < 1.29 is 9.50 Å². The highest BCUT2D eigenvalue weighted by Gasteiger charge is 2.08. The molecule has 1 aromatic carbocycles. The highest BCUT2D eigenvalue weighted by molar-refractivity contribution is 5.40. The Morgan fingerprint density at radius 2 is 2.00 bits per heavy atom. The molecular weight excluding hydrogens is 233 g/mol. The summed E-state index contributed by atoms with van der Waals surface area (Å²) in [6.45, 7) is 0. The lowest BCUT2D eigenvalue weighted by Crippen LogP contribution is -1.94. The van der Waals surface area contributed by atoms with Gasteiger partial charge in [0.25, 0.3) is 0 Å². The number of rotatable bonds is 2. The summed E-state index contributed by atoms with van der Waals surface area (Å²) in [4.78, 5) is 4.26. The minimum atomic E-state index is -0.265. The molecule has 0 saturated carbocycles. The van der Waals surface area contributed by atoms with Crippen LogP contribution in [0.3, 0.4) is 0 Å². The number of aromatic hydroxyl groups is 1. The van der Waals surface area contributed by atoms with E-state index in [0.717, 1.165) is 0 Å². The highest BCUT2D eigenvalue weighted by atomic mass is 19.1. The van der Waals surface area contributed by atoms with E-state index in [-0.39, 0.29) is 11.6 Å². The van der Waals surface area contributed by atoms with Crippen LogP contribution in [0.1, 0.15) is 11.4 Å². The number of pyridine rings is 1. The van der Waals surface area contributed by atoms with Gasteiger partial charge in [-0.05, 0) is 23.8 Å².